The number of hydrogen-bond acceptors (Lipinski definition) is 3. The molecule has 2 fully saturated rings. The molecule has 1 aromatic heterocycles. The van der Waals surface area contributed by atoms with Crippen LogP contribution in [0.1, 0.15) is 37.8 Å². The van der Waals surface area contributed by atoms with Crippen molar-refractivity contribution in [1.82, 2.24) is 14.9 Å². The number of aromatic nitrogens is 2. The molecule has 1 aromatic rings. The number of nitrogens with zero attached hydrogens (tertiary/aromatic N) is 2. The first-order valence-electron chi connectivity index (χ1n) is 6.62. The molecule has 0 radical (unpaired) electrons. The molecule has 2 aliphatic rings. The Kier molecular flexibility index (Phi) is 2.92. The molecule has 2 saturated heterocycles. The van der Waals surface area contributed by atoms with Crippen molar-refractivity contribution in [2.24, 2.45) is 0 Å². The minimum absolute atomic E-state index is 0.0154. The molecule has 3 rings (SSSR count). The molecule has 4 heteroatoms. The van der Waals surface area contributed by atoms with Crippen LogP contribution in [0.2, 0.25) is 0 Å². The van der Waals surface area contributed by atoms with Crippen molar-refractivity contribution in [3.05, 3.63) is 18.2 Å². The summed E-state index contributed by atoms with van der Waals surface area (Å²) in [7, 11) is 0. The van der Waals surface area contributed by atoms with E-state index >= 15 is 0 Å². The Labute approximate surface area is 102 Å². The van der Waals surface area contributed by atoms with E-state index in [-0.39, 0.29) is 5.60 Å². The van der Waals surface area contributed by atoms with Crippen LogP contribution in [0.15, 0.2) is 12.5 Å². The standard InChI is InChI=1S/C13H21N3O/c1-13(4-2-6-17-13)9-16-10-15-8-12(16)11-3-5-14-7-11/h8,10-11,14H,2-7,9H2,1H3. The second-order valence-corrected chi connectivity index (χ2v) is 5.54. The van der Waals surface area contributed by atoms with Crippen molar-refractivity contribution in [2.75, 3.05) is 19.7 Å². The normalized spacial score (nSPS) is 33.4. The van der Waals surface area contributed by atoms with E-state index in [0.29, 0.717) is 5.92 Å². The van der Waals surface area contributed by atoms with Crippen LogP contribution >= 0.6 is 0 Å². The summed E-state index contributed by atoms with van der Waals surface area (Å²) in [5.41, 5.74) is 1.38. The molecule has 1 N–H and O–H groups in total. The third kappa shape index (κ3) is 2.24. The summed E-state index contributed by atoms with van der Waals surface area (Å²) in [4.78, 5) is 4.32. The second-order valence-electron chi connectivity index (χ2n) is 5.54. The fraction of sp³-hybridized carbons (Fsp3) is 0.769. The van der Waals surface area contributed by atoms with E-state index in [4.69, 9.17) is 4.74 Å². The van der Waals surface area contributed by atoms with E-state index in [1.807, 2.05) is 12.5 Å². The van der Waals surface area contributed by atoms with Gasteiger partial charge in [-0.2, -0.15) is 0 Å². The van der Waals surface area contributed by atoms with E-state index in [9.17, 15) is 0 Å². The van der Waals surface area contributed by atoms with Crippen LogP contribution in [-0.4, -0.2) is 34.8 Å². The van der Waals surface area contributed by atoms with Gasteiger partial charge in [0.25, 0.3) is 0 Å². The van der Waals surface area contributed by atoms with Crippen molar-refractivity contribution in [1.29, 1.82) is 0 Å². The predicted octanol–water partition coefficient (Wildman–Crippen LogP) is 1.53. The monoisotopic (exact) mass is 235 g/mol. The summed E-state index contributed by atoms with van der Waals surface area (Å²) in [5, 5.41) is 3.42. The SMILES string of the molecule is CC1(Cn2cncc2C2CCNC2)CCCO1. The molecule has 0 amide bonds. The molecule has 2 atom stereocenters. The maximum Gasteiger partial charge on any atom is 0.0949 e. The summed E-state index contributed by atoms with van der Waals surface area (Å²) in [6.45, 7) is 6.29. The molecule has 0 spiro atoms. The summed E-state index contributed by atoms with van der Waals surface area (Å²) in [6, 6.07) is 0. The minimum Gasteiger partial charge on any atom is -0.373 e. The molecular weight excluding hydrogens is 214 g/mol. The zero-order chi connectivity index (χ0) is 11.7. The van der Waals surface area contributed by atoms with Gasteiger partial charge >= 0.3 is 0 Å². The smallest absolute Gasteiger partial charge is 0.0949 e. The summed E-state index contributed by atoms with van der Waals surface area (Å²) < 4.78 is 8.16. The van der Waals surface area contributed by atoms with Gasteiger partial charge in [-0.1, -0.05) is 0 Å². The van der Waals surface area contributed by atoms with Crippen LogP contribution in [0.25, 0.3) is 0 Å². The number of nitrogens with one attached hydrogen (secondary N) is 1. The summed E-state index contributed by atoms with van der Waals surface area (Å²) in [5.74, 6) is 0.627. The lowest BCUT2D eigenvalue weighted by Gasteiger charge is -2.25. The summed E-state index contributed by atoms with van der Waals surface area (Å²) >= 11 is 0. The number of ether oxygens (including phenoxy) is 1. The van der Waals surface area contributed by atoms with Crippen molar-refractivity contribution < 1.29 is 4.74 Å². The first-order chi connectivity index (χ1) is 8.27. The van der Waals surface area contributed by atoms with Crippen LogP contribution in [-0.2, 0) is 11.3 Å². The molecule has 0 saturated carbocycles. The average Bonchev–Trinajstić information content (AvgIpc) is 2.98. The molecular formula is C13H21N3O. The van der Waals surface area contributed by atoms with Gasteiger partial charge in [0.2, 0.25) is 0 Å². The van der Waals surface area contributed by atoms with Gasteiger partial charge in [-0.05, 0) is 32.7 Å². The fourth-order valence-corrected chi connectivity index (χ4v) is 3.03. The van der Waals surface area contributed by atoms with Crippen molar-refractivity contribution in [2.45, 2.75) is 44.2 Å². The van der Waals surface area contributed by atoms with E-state index < -0.39 is 0 Å². The van der Waals surface area contributed by atoms with Gasteiger partial charge in [0.1, 0.15) is 0 Å². The maximum absolute atomic E-state index is 5.87. The number of rotatable bonds is 3. The van der Waals surface area contributed by atoms with Crippen LogP contribution in [0.4, 0.5) is 0 Å². The van der Waals surface area contributed by atoms with Crippen molar-refractivity contribution >= 4 is 0 Å². The van der Waals surface area contributed by atoms with Crippen LogP contribution in [0, 0.1) is 0 Å². The minimum atomic E-state index is 0.0154. The van der Waals surface area contributed by atoms with E-state index in [2.05, 4.69) is 21.8 Å². The number of hydrogen-bond donors (Lipinski definition) is 1. The molecule has 0 aromatic carbocycles. The zero-order valence-electron chi connectivity index (χ0n) is 10.5. The van der Waals surface area contributed by atoms with E-state index in [0.717, 1.165) is 32.7 Å². The first-order valence-corrected chi connectivity index (χ1v) is 6.62. The summed E-state index contributed by atoms with van der Waals surface area (Å²) in [6.07, 6.45) is 7.55. The lowest BCUT2D eigenvalue weighted by molar-refractivity contribution is 0.00552. The predicted molar refractivity (Wildman–Crippen MR) is 66.0 cm³/mol. The molecule has 0 aliphatic carbocycles. The average molecular weight is 235 g/mol. The topological polar surface area (TPSA) is 39.1 Å². The molecule has 17 heavy (non-hydrogen) atoms. The maximum atomic E-state index is 5.87. The van der Waals surface area contributed by atoms with Gasteiger partial charge < -0.3 is 14.6 Å². The lowest BCUT2D eigenvalue weighted by atomic mass is 10.0. The highest BCUT2D eigenvalue weighted by Crippen LogP contribution is 2.29. The Morgan fingerprint density at radius 1 is 1.65 bits per heavy atom. The Bertz CT molecular complexity index is 376. The van der Waals surface area contributed by atoms with Gasteiger partial charge in [-0.3, -0.25) is 0 Å². The molecule has 4 nitrogen and oxygen atoms in total. The van der Waals surface area contributed by atoms with Crippen molar-refractivity contribution in [3.8, 4) is 0 Å². The fourth-order valence-electron chi connectivity index (χ4n) is 3.03. The Morgan fingerprint density at radius 2 is 2.59 bits per heavy atom. The Morgan fingerprint density at radius 3 is 3.29 bits per heavy atom. The van der Waals surface area contributed by atoms with Gasteiger partial charge in [0.05, 0.1) is 18.5 Å². The third-order valence-corrected chi connectivity index (χ3v) is 4.03. The van der Waals surface area contributed by atoms with Gasteiger partial charge in [-0.15, -0.1) is 0 Å². The molecule has 94 valence electrons. The van der Waals surface area contributed by atoms with E-state index in [1.54, 1.807) is 0 Å². The highest BCUT2D eigenvalue weighted by Gasteiger charge is 2.31. The van der Waals surface area contributed by atoms with Gasteiger partial charge in [0, 0.05) is 31.0 Å². The van der Waals surface area contributed by atoms with Crippen molar-refractivity contribution in [3.63, 3.8) is 0 Å². The zero-order valence-corrected chi connectivity index (χ0v) is 10.5. The van der Waals surface area contributed by atoms with E-state index in [1.165, 1.54) is 18.5 Å². The molecule has 3 heterocycles. The third-order valence-electron chi connectivity index (χ3n) is 4.03. The highest BCUT2D eigenvalue weighted by atomic mass is 16.5. The van der Waals surface area contributed by atoms with Gasteiger partial charge in [-0.25, -0.2) is 4.98 Å². The highest BCUT2D eigenvalue weighted by molar-refractivity contribution is 5.10. The second kappa shape index (κ2) is 4.42. The number of imidazole rings is 1. The molecule has 0 bridgehead atoms. The quantitative estimate of drug-likeness (QED) is 0.863. The lowest BCUT2D eigenvalue weighted by Crippen LogP contribution is -2.30. The van der Waals surface area contributed by atoms with Crippen LogP contribution < -0.4 is 5.32 Å². The van der Waals surface area contributed by atoms with Gasteiger partial charge in [0.15, 0.2) is 0 Å². The first kappa shape index (κ1) is 11.2. The largest absolute Gasteiger partial charge is 0.373 e. The molecule has 2 unspecified atom stereocenters. The van der Waals surface area contributed by atoms with Crippen LogP contribution in [0.3, 0.4) is 0 Å². The molecule has 2 aliphatic heterocycles. The Hall–Kier alpha value is -0.870. The van der Waals surface area contributed by atoms with Crippen LogP contribution in [0.5, 0.6) is 0 Å². The Balaban J connectivity index is 1.76.